The van der Waals surface area contributed by atoms with Crippen LogP contribution in [-0.2, 0) is 9.59 Å². The number of thiocarbonyl (C=S) groups is 2. The fraction of sp³-hybridized carbons (Fsp3) is 0.667. The van der Waals surface area contributed by atoms with Crippen molar-refractivity contribution in [3.05, 3.63) is 0 Å². The van der Waals surface area contributed by atoms with E-state index in [0.29, 0.717) is 38.8 Å². The van der Waals surface area contributed by atoms with E-state index in [2.05, 4.69) is 0 Å². The van der Waals surface area contributed by atoms with E-state index in [-0.39, 0.29) is 11.8 Å². The van der Waals surface area contributed by atoms with Gasteiger partial charge in [-0.25, -0.2) is 0 Å². The summed E-state index contributed by atoms with van der Waals surface area (Å²) in [7, 11) is 0. The molecule has 2 fully saturated rings. The molecule has 0 N–H and O–H groups in total. The van der Waals surface area contributed by atoms with Gasteiger partial charge in [-0.3, -0.25) is 9.59 Å². The molecule has 0 bridgehead atoms. The van der Waals surface area contributed by atoms with Crippen molar-refractivity contribution in [1.29, 1.82) is 0 Å². The Bertz CT molecular complexity index is 339. The van der Waals surface area contributed by atoms with Crippen molar-refractivity contribution >= 4 is 46.2 Å². The van der Waals surface area contributed by atoms with Crippen LogP contribution < -0.4 is 0 Å². The first kappa shape index (κ1) is 13.5. The van der Waals surface area contributed by atoms with Gasteiger partial charge in [0, 0.05) is 38.8 Å². The third kappa shape index (κ3) is 2.92. The van der Waals surface area contributed by atoms with Crippen LogP contribution in [0.1, 0.15) is 38.5 Å². The van der Waals surface area contributed by atoms with E-state index in [1.54, 1.807) is 9.80 Å². The van der Waals surface area contributed by atoms with Crippen molar-refractivity contribution in [1.82, 2.24) is 9.80 Å². The van der Waals surface area contributed by atoms with Gasteiger partial charge in [0.15, 0.2) is 0 Å². The monoisotopic (exact) mass is 284 g/mol. The SMILES string of the molecule is O=C1CCC(=S)N1CCCCN1C(=O)CCC1=S. The molecular formula is C12H16N2O2S2. The number of hydrogen-bond acceptors (Lipinski definition) is 4. The lowest BCUT2D eigenvalue weighted by molar-refractivity contribution is -0.126. The average Bonchev–Trinajstić information content (AvgIpc) is 2.82. The van der Waals surface area contributed by atoms with Gasteiger partial charge < -0.3 is 9.80 Å². The smallest absolute Gasteiger partial charge is 0.227 e. The van der Waals surface area contributed by atoms with Gasteiger partial charge in [-0.05, 0) is 12.8 Å². The first-order valence-electron chi connectivity index (χ1n) is 6.26. The van der Waals surface area contributed by atoms with Gasteiger partial charge in [0.05, 0.1) is 9.98 Å². The van der Waals surface area contributed by atoms with Gasteiger partial charge in [0.2, 0.25) is 11.8 Å². The van der Waals surface area contributed by atoms with Gasteiger partial charge >= 0.3 is 0 Å². The average molecular weight is 284 g/mol. The molecule has 0 unspecified atom stereocenters. The maximum absolute atomic E-state index is 11.5. The van der Waals surface area contributed by atoms with Crippen molar-refractivity contribution in [2.75, 3.05) is 13.1 Å². The number of carbonyl (C=O) groups is 2. The molecule has 0 aromatic heterocycles. The van der Waals surface area contributed by atoms with Gasteiger partial charge in [0.25, 0.3) is 0 Å². The second-order valence-electron chi connectivity index (χ2n) is 4.59. The summed E-state index contributed by atoms with van der Waals surface area (Å²) in [6.45, 7) is 1.35. The zero-order valence-corrected chi connectivity index (χ0v) is 11.8. The number of rotatable bonds is 5. The molecule has 0 radical (unpaired) electrons. The molecular weight excluding hydrogens is 268 g/mol. The number of nitrogens with zero attached hydrogens (tertiary/aromatic N) is 2. The fourth-order valence-electron chi connectivity index (χ4n) is 2.28. The van der Waals surface area contributed by atoms with Gasteiger partial charge in [0.1, 0.15) is 0 Å². The lowest BCUT2D eigenvalue weighted by atomic mass is 10.3. The van der Waals surface area contributed by atoms with Gasteiger partial charge in [-0.15, -0.1) is 0 Å². The molecule has 0 atom stereocenters. The molecule has 0 aromatic carbocycles. The van der Waals surface area contributed by atoms with E-state index < -0.39 is 0 Å². The molecule has 2 aliphatic heterocycles. The molecule has 2 heterocycles. The first-order chi connectivity index (χ1) is 8.59. The highest BCUT2D eigenvalue weighted by atomic mass is 32.1. The maximum atomic E-state index is 11.5. The zero-order valence-electron chi connectivity index (χ0n) is 10.2. The molecule has 2 amide bonds. The van der Waals surface area contributed by atoms with Crippen LogP contribution in [0.15, 0.2) is 0 Å². The molecule has 0 saturated carbocycles. The Morgan fingerprint density at radius 3 is 1.44 bits per heavy atom. The molecule has 4 nitrogen and oxygen atoms in total. The summed E-state index contributed by atoms with van der Waals surface area (Å²) in [5, 5.41) is 0. The van der Waals surface area contributed by atoms with E-state index in [0.717, 1.165) is 22.8 Å². The van der Waals surface area contributed by atoms with Crippen LogP contribution in [-0.4, -0.2) is 44.7 Å². The minimum absolute atomic E-state index is 0.132. The van der Waals surface area contributed by atoms with Crippen LogP contribution in [0.5, 0.6) is 0 Å². The van der Waals surface area contributed by atoms with E-state index >= 15 is 0 Å². The summed E-state index contributed by atoms with van der Waals surface area (Å²) in [6, 6.07) is 0. The van der Waals surface area contributed by atoms with E-state index in [4.69, 9.17) is 24.4 Å². The molecule has 98 valence electrons. The second-order valence-corrected chi connectivity index (χ2v) is 5.53. The van der Waals surface area contributed by atoms with Crippen molar-refractivity contribution in [3.63, 3.8) is 0 Å². The summed E-state index contributed by atoms with van der Waals surface area (Å²) in [4.78, 5) is 27.9. The molecule has 2 aliphatic rings. The van der Waals surface area contributed by atoms with E-state index in [1.807, 2.05) is 0 Å². The minimum atomic E-state index is 0.132. The summed E-state index contributed by atoms with van der Waals surface area (Å²) >= 11 is 10.3. The number of amides is 2. The molecule has 0 aromatic rings. The second kappa shape index (κ2) is 5.84. The zero-order chi connectivity index (χ0) is 13.1. The summed E-state index contributed by atoms with van der Waals surface area (Å²) in [5.74, 6) is 0.264. The number of carbonyl (C=O) groups excluding carboxylic acids is 2. The normalized spacial score (nSPS) is 20.4. The largest absolute Gasteiger partial charge is 0.307 e. The van der Waals surface area contributed by atoms with E-state index in [1.165, 1.54) is 0 Å². The van der Waals surface area contributed by atoms with Crippen molar-refractivity contribution in [3.8, 4) is 0 Å². The Balaban J connectivity index is 1.70. The van der Waals surface area contributed by atoms with E-state index in [9.17, 15) is 9.59 Å². The molecule has 0 spiro atoms. The van der Waals surface area contributed by atoms with Crippen LogP contribution in [0.4, 0.5) is 0 Å². The van der Waals surface area contributed by atoms with Gasteiger partial charge in [-0.1, -0.05) is 24.4 Å². The maximum Gasteiger partial charge on any atom is 0.227 e. The molecule has 0 aliphatic carbocycles. The van der Waals surface area contributed by atoms with Crippen molar-refractivity contribution in [2.45, 2.75) is 38.5 Å². The number of unbranched alkanes of at least 4 members (excludes halogenated alkanes) is 1. The standard InChI is InChI=1S/C12H16N2O2S2/c15-9-3-5-11(17)13(9)7-1-2-8-14-10(16)4-6-12(14)18/h1-8H2. The predicted octanol–water partition coefficient (Wildman–Crippen LogP) is 1.67. The molecule has 18 heavy (non-hydrogen) atoms. The van der Waals surface area contributed by atoms with Crippen molar-refractivity contribution < 1.29 is 9.59 Å². The van der Waals surface area contributed by atoms with Crippen LogP contribution in [0, 0.1) is 0 Å². The first-order valence-corrected chi connectivity index (χ1v) is 7.07. The quantitative estimate of drug-likeness (QED) is 0.569. The highest BCUT2D eigenvalue weighted by Gasteiger charge is 2.26. The lowest BCUT2D eigenvalue weighted by Gasteiger charge is -2.18. The van der Waals surface area contributed by atoms with Crippen LogP contribution in [0.2, 0.25) is 0 Å². The molecule has 2 saturated heterocycles. The Kier molecular flexibility index (Phi) is 4.40. The highest BCUT2D eigenvalue weighted by Crippen LogP contribution is 2.16. The minimum Gasteiger partial charge on any atom is -0.307 e. The fourth-order valence-corrected chi connectivity index (χ4v) is 2.87. The van der Waals surface area contributed by atoms with Crippen molar-refractivity contribution in [2.24, 2.45) is 0 Å². The summed E-state index contributed by atoms with van der Waals surface area (Å²) in [6.07, 6.45) is 4.24. The lowest BCUT2D eigenvalue weighted by Crippen LogP contribution is -2.31. The Morgan fingerprint density at radius 2 is 1.17 bits per heavy atom. The third-order valence-corrected chi connectivity index (χ3v) is 4.17. The Morgan fingerprint density at radius 1 is 0.778 bits per heavy atom. The topological polar surface area (TPSA) is 40.6 Å². The number of likely N-dealkylation sites (tertiary alicyclic amines) is 2. The number of hydrogen-bond donors (Lipinski definition) is 0. The summed E-state index contributed by atoms with van der Waals surface area (Å²) < 4.78 is 0. The van der Waals surface area contributed by atoms with Crippen LogP contribution >= 0.6 is 24.4 Å². The molecule has 2 rings (SSSR count). The predicted molar refractivity (Wildman–Crippen MR) is 76.3 cm³/mol. The highest BCUT2D eigenvalue weighted by molar-refractivity contribution is 7.80. The summed E-state index contributed by atoms with van der Waals surface area (Å²) in [5.41, 5.74) is 0. The third-order valence-electron chi connectivity index (χ3n) is 3.32. The molecule has 6 heteroatoms. The van der Waals surface area contributed by atoms with Gasteiger partial charge in [-0.2, -0.15) is 0 Å². The Hall–Kier alpha value is -0.880. The Labute approximate surface area is 117 Å². The van der Waals surface area contributed by atoms with Crippen LogP contribution in [0.3, 0.4) is 0 Å². The van der Waals surface area contributed by atoms with Crippen LogP contribution in [0.25, 0.3) is 0 Å².